The van der Waals surface area contributed by atoms with Crippen molar-refractivity contribution in [3.63, 3.8) is 0 Å². The number of carbonyl (C=O) groups is 1. The minimum Gasteiger partial charge on any atom is -0.446 e. The van der Waals surface area contributed by atoms with Crippen molar-refractivity contribution in [2.45, 2.75) is 0 Å². The molecule has 4 nitrogen and oxygen atoms in total. The molecule has 0 aliphatic rings. The quantitative estimate of drug-likeness (QED) is 0.503. The van der Waals surface area contributed by atoms with Gasteiger partial charge in [0.15, 0.2) is 0 Å². The second-order valence-corrected chi connectivity index (χ2v) is 1.80. The molecule has 0 fully saturated rings. The molecular weight excluding hydrogens is 195 g/mol. The van der Waals surface area contributed by atoms with E-state index in [0.717, 1.165) is 4.57 Å². The van der Waals surface area contributed by atoms with Gasteiger partial charge in [-0.15, -0.1) is 4.57 Å². The van der Waals surface area contributed by atoms with Gasteiger partial charge >= 0.3 is 13.3 Å². The summed E-state index contributed by atoms with van der Waals surface area (Å²) in [7, 11) is -6.00. The SMILES string of the molecule is F[B-](F)(F)F.O=C(O)n1cc[nH+]c1. The van der Waals surface area contributed by atoms with Gasteiger partial charge in [0.1, 0.15) is 12.4 Å². The number of rotatable bonds is 0. The van der Waals surface area contributed by atoms with Crippen LogP contribution in [0.5, 0.6) is 0 Å². The van der Waals surface area contributed by atoms with E-state index in [4.69, 9.17) is 5.11 Å². The van der Waals surface area contributed by atoms with Crippen LogP contribution in [0.2, 0.25) is 0 Å². The zero-order chi connectivity index (χ0) is 10.5. The van der Waals surface area contributed by atoms with E-state index in [1.165, 1.54) is 18.7 Å². The topological polar surface area (TPSA) is 56.4 Å². The zero-order valence-corrected chi connectivity index (χ0v) is 6.12. The van der Waals surface area contributed by atoms with E-state index in [0.29, 0.717) is 0 Å². The smallest absolute Gasteiger partial charge is 0.446 e. The number of nitrogens with zero attached hydrogens (tertiary/aromatic N) is 1. The highest BCUT2D eigenvalue weighted by Crippen LogP contribution is 2.06. The maximum absolute atomic E-state index is 10.0. The van der Waals surface area contributed by atoms with E-state index >= 15 is 0 Å². The number of aromatic nitrogens is 2. The number of hydrogen-bond donors (Lipinski definition) is 1. The van der Waals surface area contributed by atoms with E-state index in [2.05, 4.69) is 4.98 Å². The number of halogens is 4. The zero-order valence-electron chi connectivity index (χ0n) is 6.12. The average Bonchev–Trinajstić information content (AvgIpc) is 2.31. The van der Waals surface area contributed by atoms with Crippen LogP contribution in [0, 0.1) is 0 Å². The van der Waals surface area contributed by atoms with Crippen molar-refractivity contribution in [3.05, 3.63) is 18.7 Å². The molecule has 1 heterocycles. The van der Waals surface area contributed by atoms with Gasteiger partial charge in [-0.2, -0.15) is 4.79 Å². The third-order valence-electron chi connectivity index (χ3n) is 0.766. The van der Waals surface area contributed by atoms with Crippen molar-refractivity contribution in [1.82, 2.24) is 4.57 Å². The van der Waals surface area contributed by atoms with Gasteiger partial charge in [-0.1, -0.05) is 0 Å². The van der Waals surface area contributed by atoms with Gasteiger partial charge in [0.25, 0.3) is 6.33 Å². The Kier molecular flexibility index (Phi) is 3.95. The lowest BCUT2D eigenvalue weighted by Crippen LogP contribution is -2.06. The molecular formula is C4H5BF4N2O2. The van der Waals surface area contributed by atoms with Crippen LogP contribution in [0.1, 0.15) is 0 Å². The Morgan fingerprint density at radius 2 is 1.85 bits per heavy atom. The number of carboxylic acid groups (broad SMARTS) is 1. The summed E-state index contributed by atoms with van der Waals surface area (Å²) in [5, 5.41) is 8.22. The second-order valence-electron chi connectivity index (χ2n) is 1.80. The standard InChI is InChI=1S/C4H4N2O2.BF4/c7-4(8)6-2-1-5-3-6;2-1(3,4)5/h1-3H,(H,7,8);/q;-1/p+1. The van der Waals surface area contributed by atoms with Gasteiger partial charge in [-0.05, 0) is 0 Å². The Hall–Kier alpha value is -1.54. The van der Waals surface area contributed by atoms with E-state index in [1.54, 1.807) is 0 Å². The van der Waals surface area contributed by atoms with Crippen molar-refractivity contribution in [2.75, 3.05) is 0 Å². The Morgan fingerprint density at radius 1 is 1.38 bits per heavy atom. The van der Waals surface area contributed by atoms with Crippen LogP contribution in [-0.4, -0.2) is 23.0 Å². The number of aromatic amines is 1. The fraction of sp³-hybridized carbons (Fsp3) is 0. The summed E-state index contributed by atoms with van der Waals surface area (Å²) in [6.45, 7) is 0. The van der Waals surface area contributed by atoms with Gasteiger partial charge in [0.2, 0.25) is 0 Å². The molecule has 74 valence electrons. The van der Waals surface area contributed by atoms with Crippen LogP contribution < -0.4 is 4.98 Å². The average molecular weight is 200 g/mol. The molecule has 2 N–H and O–H groups in total. The largest absolute Gasteiger partial charge is 0.673 e. The van der Waals surface area contributed by atoms with E-state index in [1.807, 2.05) is 0 Å². The first-order valence-corrected chi connectivity index (χ1v) is 2.95. The first-order chi connectivity index (χ1) is 5.80. The van der Waals surface area contributed by atoms with E-state index in [9.17, 15) is 22.1 Å². The van der Waals surface area contributed by atoms with Crippen molar-refractivity contribution in [1.29, 1.82) is 0 Å². The van der Waals surface area contributed by atoms with E-state index < -0.39 is 13.3 Å². The molecule has 0 amide bonds. The van der Waals surface area contributed by atoms with Gasteiger partial charge in [-0.3, -0.25) is 0 Å². The van der Waals surface area contributed by atoms with Crippen molar-refractivity contribution < 1.29 is 32.1 Å². The normalized spacial score (nSPS) is 10.2. The third kappa shape index (κ3) is 8.37. The minimum atomic E-state index is -6.00. The Balaban J connectivity index is 0.000000252. The summed E-state index contributed by atoms with van der Waals surface area (Å²) in [5.74, 6) is 0. The van der Waals surface area contributed by atoms with Gasteiger partial charge < -0.3 is 22.4 Å². The van der Waals surface area contributed by atoms with Crippen LogP contribution in [0.15, 0.2) is 18.7 Å². The maximum atomic E-state index is 10.0. The summed E-state index contributed by atoms with van der Waals surface area (Å²) in [4.78, 5) is 12.6. The highest BCUT2D eigenvalue weighted by molar-refractivity contribution is 6.50. The summed E-state index contributed by atoms with van der Waals surface area (Å²) in [6.07, 6.45) is 3.32. The molecule has 0 saturated heterocycles. The summed E-state index contributed by atoms with van der Waals surface area (Å²) in [5.41, 5.74) is 0. The van der Waals surface area contributed by atoms with Gasteiger partial charge in [0.05, 0.1) is 0 Å². The molecule has 0 aliphatic heterocycles. The van der Waals surface area contributed by atoms with Crippen molar-refractivity contribution in [2.24, 2.45) is 0 Å². The van der Waals surface area contributed by atoms with E-state index in [-0.39, 0.29) is 0 Å². The fourth-order valence-electron chi connectivity index (χ4n) is 0.409. The molecule has 1 rings (SSSR count). The first kappa shape index (κ1) is 11.5. The predicted molar refractivity (Wildman–Crippen MR) is 34.6 cm³/mol. The lowest BCUT2D eigenvalue weighted by molar-refractivity contribution is -0.376. The number of hydrogen-bond acceptors (Lipinski definition) is 1. The molecule has 0 bridgehead atoms. The molecule has 9 heteroatoms. The molecule has 13 heavy (non-hydrogen) atoms. The lowest BCUT2D eigenvalue weighted by Gasteiger charge is -1.94. The third-order valence-corrected chi connectivity index (χ3v) is 0.766. The molecule has 0 aliphatic carbocycles. The minimum absolute atomic E-state index is 0.980. The summed E-state index contributed by atoms with van der Waals surface area (Å²) in [6, 6.07) is 0. The molecule has 0 unspecified atom stereocenters. The molecule has 0 saturated carbocycles. The monoisotopic (exact) mass is 200 g/mol. The first-order valence-electron chi connectivity index (χ1n) is 2.95. The number of imidazole rings is 1. The summed E-state index contributed by atoms with van der Waals surface area (Å²) >= 11 is 0. The molecule has 0 aromatic carbocycles. The predicted octanol–water partition coefficient (Wildman–Crippen LogP) is 1.13. The Morgan fingerprint density at radius 3 is 2.00 bits per heavy atom. The van der Waals surface area contributed by atoms with Crippen molar-refractivity contribution >= 4 is 13.3 Å². The molecule has 0 spiro atoms. The maximum Gasteiger partial charge on any atom is 0.673 e. The van der Waals surface area contributed by atoms with Crippen LogP contribution in [-0.2, 0) is 0 Å². The second kappa shape index (κ2) is 4.48. The highest BCUT2D eigenvalue weighted by Gasteiger charge is 2.20. The van der Waals surface area contributed by atoms with Crippen LogP contribution in [0.4, 0.5) is 22.1 Å². The van der Waals surface area contributed by atoms with Crippen LogP contribution in [0.3, 0.4) is 0 Å². The number of H-pyrrole nitrogens is 1. The molecule has 1 aromatic heterocycles. The number of nitrogens with one attached hydrogen (secondary N) is 1. The Bertz CT molecular complexity index is 254. The van der Waals surface area contributed by atoms with Gasteiger partial charge in [0, 0.05) is 0 Å². The highest BCUT2D eigenvalue weighted by atomic mass is 19.5. The van der Waals surface area contributed by atoms with Crippen molar-refractivity contribution in [3.8, 4) is 0 Å². The summed E-state index contributed by atoms with van der Waals surface area (Å²) < 4.78 is 40.0. The van der Waals surface area contributed by atoms with Crippen LogP contribution in [0.25, 0.3) is 0 Å². The molecule has 1 aromatic rings. The van der Waals surface area contributed by atoms with Gasteiger partial charge in [-0.25, -0.2) is 4.98 Å². The lowest BCUT2D eigenvalue weighted by atomic mass is 10.3. The Labute approximate surface area is 69.9 Å². The molecule has 0 atom stereocenters. The molecule has 0 radical (unpaired) electrons. The fourth-order valence-corrected chi connectivity index (χ4v) is 0.409. The van der Waals surface area contributed by atoms with Crippen LogP contribution >= 0.6 is 0 Å².